The number of nitrogens with one attached hydrogen (secondary N) is 1. The zero-order chi connectivity index (χ0) is 12.4. The third kappa shape index (κ3) is 2.46. The molecule has 1 aliphatic rings. The summed E-state index contributed by atoms with van der Waals surface area (Å²) in [6, 6.07) is 0.0266. The molecule has 17 heavy (non-hydrogen) atoms. The van der Waals surface area contributed by atoms with Gasteiger partial charge in [-0.15, -0.1) is 0 Å². The van der Waals surface area contributed by atoms with Crippen molar-refractivity contribution in [1.82, 2.24) is 9.55 Å². The van der Waals surface area contributed by atoms with Crippen molar-refractivity contribution in [1.29, 1.82) is 0 Å². The van der Waals surface area contributed by atoms with Crippen molar-refractivity contribution in [3.63, 3.8) is 0 Å². The number of carbonyl (C=O) groups is 1. The number of carboxylic acid groups (broad SMARTS) is 1. The van der Waals surface area contributed by atoms with Gasteiger partial charge in [0.05, 0.1) is 5.92 Å². The number of carboxylic acids is 1. The van der Waals surface area contributed by atoms with E-state index in [0.717, 1.165) is 6.42 Å². The number of aliphatic carboxylic acids is 1. The predicted molar refractivity (Wildman–Crippen MR) is 61.9 cm³/mol. The molecule has 0 radical (unpaired) electrons. The van der Waals surface area contributed by atoms with Crippen LogP contribution in [0.4, 0.5) is 5.82 Å². The molecular weight excluding hydrogens is 222 g/mol. The Balaban J connectivity index is 2.05. The van der Waals surface area contributed by atoms with Crippen LogP contribution in [0.5, 0.6) is 0 Å². The number of anilines is 1. The molecule has 0 aliphatic heterocycles. The monoisotopic (exact) mass is 237 g/mol. The Morgan fingerprint density at radius 1 is 1.59 bits per heavy atom. The van der Waals surface area contributed by atoms with Crippen LogP contribution < -0.4 is 10.9 Å². The van der Waals surface area contributed by atoms with E-state index >= 15 is 0 Å². The standard InChI is InChI=1S/C11H15N3O3/c1-14-5-4-12-9(10(14)15)13-8-3-2-7(6-8)11(16)17/h4-5,7-8H,2-3,6H2,1H3,(H,12,13)(H,16,17)/t7-,8+/m1/s1. The van der Waals surface area contributed by atoms with E-state index in [1.54, 1.807) is 19.4 Å². The molecule has 6 nitrogen and oxygen atoms in total. The molecule has 1 saturated carbocycles. The average Bonchev–Trinajstić information content (AvgIpc) is 2.73. The van der Waals surface area contributed by atoms with Crippen molar-refractivity contribution >= 4 is 11.8 Å². The van der Waals surface area contributed by atoms with E-state index in [1.165, 1.54) is 4.57 Å². The van der Waals surface area contributed by atoms with Crippen molar-refractivity contribution in [3.05, 3.63) is 22.7 Å². The molecule has 0 unspecified atom stereocenters. The lowest BCUT2D eigenvalue weighted by Crippen LogP contribution is -2.27. The maximum atomic E-state index is 11.7. The molecule has 0 saturated heterocycles. The molecule has 92 valence electrons. The minimum atomic E-state index is -0.761. The van der Waals surface area contributed by atoms with Gasteiger partial charge in [0.1, 0.15) is 0 Å². The maximum absolute atomic E-state index is 11.7. The molecule has 0 aromatic carbocycles. The Labute approximate surface area is 98.3 Å². The van der Waals surface area contributed by atoms with Gasteiger partial charge in [-0.05, 0) is 19.3 Å². The fourth-order valence-corrected chi connectivity index (χ4v) is 2.13. The second-order valence-corrected chi connectivity index (χ2v) is 4.38. The van der Waals surface area contributed by atoms with Gasteiger partial charge in [-0.2, -0.15) is 0 Å². The highest BCUT2D eigenvalue weighted by molar-refractivity contribution is 5.70. The second kappa shape index (κ2) is 4.57. The van der Waals surface area contributed by atoms with E-state index in [2.05, 4.69) is 10.3 Å². The van der Waals surface area contributed by atoms with Crippen LogP contribution in [0.3, 0.4) is 0 Å². The Morgan fingerprint density at radius 2 is 2.35 bits per heavy atom. The molecule has 2 rings (SSSR count). The Bertz CT molecular complexity index is 483. The summed E-state index contributed by atoms with van der Waals surface area (Å²) in [6.07, 6.45) is 5.10. The first-order valence-electron chi connectivity index (χ1n) is 5.59. The normalized spacial score (nSPS) is 23.6. The van der Waals surface area contributed by atoms with Gasteiger partial charge in [-0.3, -0.25) is 9.59 Å². The van der Waals surface area contributed by atoms with Crippen LogP contribution in [0.2, 0.25) is 0 Å². The van der Waals surface area contributed by atoms with E-state index in [4.69, 9.17) is 5.11 Å². The first kappa shape index (κ1) is 11.6. The molecule has 1 aromatic rings. The summed E-state index contributed by atoms with van der Waals surface area (Å²) in [6.45, 7) is 0. The molecule has 1 aliphatic carbocycles. The van der Waals surface area contributed by atoms with E-state index in [0.29, 0.717) is 18.7 Å². The zero-order valence-electron chi connectivity index (χ0n) is 9.59. The molecule has 0 amide bonds. The highest BCUT2D eigenvalue weighted by Gasteiger charge is 2.30. The highest BCUT2D eigenvalue weighted by Crippen LogP contribution is 2.27. The first-order valence-corrected chi connectivity index (χ1v) is 5.59. The summed E-state index contributed by atoms with van der Waals surface area (Å²) < 4.78 is 1.44. The molecule has 2 N–H and O–H groups in total. The lowest BCUT2D eigenvalue weighted by Gasteiger charge is -2.12. The van der Waals surface area contributed by atoms with Crippen molar-refractivity contribution in [2.24, 2.45) is 13.0 Å². The summed E-state index contributed by atoms with van der Waals surface area (Å²) in [4.78, 5) is 26.5. The summed E-state index contributed by atoms with van der Waals surface area (Å²) in [5, 5.41) is 11.9. The van der Waals surface area contributed by atoms with Crippen LogP contribution in [0.25, 0.3) is 0 Å². The minimum absolute atomic E-state index is 0.0266. The van der Waals surface area contributed by atoms with Crippen LogP contribution in [0, 0.1) is 5.92 Å². The van der Waals surface area contributed by atoms with Gasteiger partial charge in [-0.1, -0.05) is 0 Å². The van der Waals surface area contributed by atoms with Gasteiger partial charge in [0.15, 0.2) is 5.82 Å². The van der Waals surface area contributed by atoms with Crippen molar-refractivity contribution < 1.29 is 9.90 Å². The van der Waals surface area contributed by atoms with Gasteiger partial charge in [0, 0.05) is 25.5 Å². The van der Waals surface area contributed by atoms with E-state index in [1.807, 2.05) is 0 Å². The van der Waals surface area contributed by atoms with Crippen LogP contribution >= 0.6 is 0 Å². The largest absolute Gasteiger partial charge is 0.481 e. The fraction of sp³-hybridized carbons (Fsp3) is 0.545. The molecule has 2 atom stereocenters. The number of hydrogen-bond donors (Lipinski definition) is 2. The van der Waals surface area contributed by atoms with E-state index in [-0.39, 0.29) is 17.5 Å². The second-order valence-electron chi connectivity index (χ2n) is 4.38. The smallest absolute Gasteiger partial charge is 0.306 e. The van der Waals surface area contributed by atoms with Crippen LogP contribution in [-0.2, 0) is 11.8 Å². The molecule has 0 spiro atoms. The van der Waals surface area contributed by atoms with Gasteiger partial charge in [0.25, 0.3) is 5.56 Å². The molecule has 1 fully saturated rings. The first-order chi connectivity index (χ1) is 8.08. The molecule has 6 heteroatoms. The highest BCUT2D eigenvalue weighted by atomic mass is 16.4. The molecule has 0 bridgehead atoms. The number of nitrogens with zero attached hydrogens (tertiary/aromatic N) is 2. The zero-order valence-corrected chi connectivity index (χ0v) is 9.59. The summed E-state index contributed by atoms with van der Waals surface area (Å²) >= 11 is 0. The summed E-state index contributed by atoms with van der Waals surface area (Å²) in [7, 11) is 1.66. The Hall–Kier alpha value is -1.85. The van der Waals surface area contributed by atoms with E-state index in [9.17, 15) is 9.59 Å². The molecular formula is C11H15N3O3. The minimum Gasteiger partial charge on any atom is -0.481 e. The summed E-state index contributed by atoms with van der Waals surface area (Å²) in [5.41, 5.74) is -0.189. The average molecular weight is 237 g/mol. The fourth-order valence-electron chi connectivity index (χ4n) is 2.13. The number of aryl methyl sites for hydroxylation is 1. The van der Waals surface area contributed by atoms with Crippen molar-refractivity contribution in [2.75, 3.05) is 5.32 Å². The van der Waals surface area contributed by atoms with Gasteiger partial charge < -0.3 is 15.0 Å². The number of aromatic nitrogens is 2. The third-order valence-electron chi connectivity index (χ3n) is 3.14. The van der Waals surface area contributed by atoms with Gasteiger partial charge in [-0.25, -0.2) is 4.98 Å². The van der Waals surface area contributed by atoms with Gasteiger partial charge >= 0.3 is 5.97 Å². The van der Waals surface area contributed by atoms with Crippen molar-refractivity contribution in [2.45, 2.75) is 25.3 Å². The van der Waals surface area contributed by atoms with Crippen LogP contribution in [0.1, 0.15) is 19.3 Å². The quantitative estimate of drug-likeness (QED) is 0.797. The van der Waals surface area contributed by atoms with Crippen LogP contribution in [0.15, 0.2) is 17.2 Å². The lowest BCUT2D eigenvalue weighted by atomic mass is 10.1. The van der Waals surface area contributed by atoms with Crippen molar-refractivity contribution in [3.8, 4) is 0 Å². The maximum Gasteiger partial charge on any atom is 0.306 e. The van der Waals surface area contributed by atoms with Crippen LogP contribution in [-0.4, -0.2) is 26.7 Å². The van der Waals surface area contributed by atoms with Gasteiger partial charge in [0.2, 0.25) is 0 Å². The lowest BCUT2D eigenvalue weighted by molar-refractivity contribution is -0.141. The SMILES string of the molecule is Cn1ccnc(N[C@H]2CC[C@@H](C(=O)O)C2)c1=O. The number of rotatable bonds is 3. The Morgan fingerprint density at radius 3 is 3.00 bits per heavy atom. The third-order valence-corrected chi connectivity index (χ3v) is 3.14. The predicted octanol–water partition coefficient (Wildman–Crippen LogP) is 0.445. The topological polar surface area (TPSA) is 84.2 Å². The van der Waals surface area contributed by atoms with E-state index < -0.39 is 5.97 Å². The molecule has 1 aromatic heterocycles. The number of hydrogen-bond acceptors (Lipinski definition) is 4. The Kier molecular flexibility index (Phi) is 3.12. The summed E-state index contributed by atoms with van der Waals surface area (Å²) in [5.74, 6) is -0.769. The molecule has 1 heterocycles.